The Labute approximate surface area is 150 Å². The van der Waals surface area contributed by atoms with Gasteiger partial charge >= 0.3 is 151 Å². The molecule has 1 aliphatic heterocycles. The van der Waals surface area contributed by atoms with Crippen LogP contribution < -0.4 is 0 Å². The predicted molar refractivity (Wildman–Crippen MR) is 134 cm³/mol. The van der Waals surface area contributed by atoms with Gasteiger partial charge in [0.15, 0.2) is 0 Å². The van der Waals surface area contributed by atoms with Crippen LogP contribution in [0.5, 0.6) is 0 Å². The second-order valence-electron chi connectivity index (χ2n) is 12.5. The molecule has 0 aromatic heterocycles. The molecule has 0 aromatic rings. The monoisotopic (exact) mass is 419 g/mol. The first-order valence-corrected chi connectivity index (χ1v) is 27.0. The molecule has 1 atom stereocenters. The van der Waals surface area contributed by atoms with Crippen molar-refractivity contribution in [3.8, 4) is 0 Å². The molecule has 0 amide bonds. The van der Waals surface area contributed by atoms with Crippen molar-refractivity contribution < 1.29 is 0 Å². The van der Waals surface area contributed by atoms with Gasteiger partial charge in [0.25, 0.3) is 0 Å². The van der Waals surface area contributed by atoms with Crippen LogP contribution in [0.1, 0.15) is 13.8 Å². The van der Waals surface area contributed by atoms with Gasteiger partial charge in [0.05, 0.1) is 0 Å². The van der Waals surface area contributed by atoms with Crippen molar-refractivity contribution in [2.45, 2.75) is 19.5 Å². The van der Waals surface area contributed by atoms with Gasteiger partial charge in [-0.2, -0.15) is 0 Å². The van der Waals surface area contributed by atoms with Gasteiger partial charge in [0, 0.05) is 0 Å². The molecule has 0 saturated carbocycles. The second kappa shape index (κ2) is 5.58. The quantitative estimate of drug-likeness (QED) is 0.387. The maximum atomic E-state index is 2.81. The third kappa shape index (κ3) is 3.27. The molecule has 0 aromatic carbocycles. The van der Waals surface area contributed by atoms with E-state index in [4.69, 9.17) is 0 Å². The second-order valence-corrected chi connectivity index (χ2v) is 58.8. The Morgan fingerprint density at radius 1 is 0.739 bits per heavy atom. The molecule has 5 heteroatoms. The van der Waals surface area contributed by atoms with Gasteiger partial charge in [0.1, 0.15) is 0 Å². The van der Waals surface area contributed by atoms with Crippen molar-refractivity contribution in [2.24, 2.45) is 5.92 Å². The average Bonchev–Trinajstić information content (AvgIpc) is 2.20. The Morgan fingerprint density at radius 2 is 1.13 bits per heavy atom. The molecule has 1 heterocycles. The zero-order chi connectivity index (χ0) is 19.0. The van der Waals surface area contributed by atoms with Crippen molar-refractivity contribution in [1.82, 2.24) is 0 Å². The SMILES string of the molecule is CC(C)C1CP(C)(C)(C)[P+](C)(C)C[P+](C)(C)P(C)(C)(C)[P+]1(C)C. The molecule has 1 aliphatic rings. The van der Waals surface area contributed by atoms with Crippen LogP contribution in [-0.4, -0.2) is 97.7 Å². The fraction of sp³-hybridized carbons (Fsp3) is 1.00. The van der Waals surface area contributed by atoms with Gasteiger partial charge in [-0.3, -0.25) is 0 Å². The molecule has 0 N–H and O–H groups in total. The minimum absolute atomic E-state index is 0.846. The van der Waals surface area contributed by atoms with E-state index in [2.05, 4.69) is 93.8 Å². The molecular weight excluding hydrogens is 371 g/mol. The molecule has 0 bridgehead atoms. The Hall–Kier alpha value is 2.15. The van der Waals surface area contributed by atoms with Gasteiger partial charge in [-0.1, -0.05) is 0 Å². The molecule has 1 unspecified atom stereocenters. The molecule has 1 rings (SSSR count). The van der Waals surface area contributed by atoms with Crippen LogP contribution in [0.15, 0.2) is 0 Å². The van der Waals surface area contributed by atoms with Crippen molar-refractivity contribution in [2.75, 3.05) is 92.0 Å². The van der Waals surface area contributed by atoms with Crippen molar-refractivity contribution in [3.63, 3.8) is 0 Å². The Balaban J connectivity index is 3.81. The van der Waals surface area contributed by atoms with Crippen molar-refractivity contribution in [1.29, 1.82) is 0 Å². The summed E-state index contributed by atoms with van der Waals surface area (Å²) in [6.45, 7) is 35.6. The summed E-state index contributed by atoms with van der Waals surface area (Å²) in [5.41, 5.74) is 0.983. The van der Waals surface area contributed by atoms with Crippen LogP contribution in [0.25, 0.3) is 0 Å². The summed E-state index contributed by atoms with van der Waals surface area (Å²) in [6, 6.07) is 0. The summed E-state index contributed by atoms with van der Waals surface area (Å²) in [6.07, 6.45) is -0.0330. The summed E-state index contributed by atoms with van der Waals surface area (Å²) >= 11 is 0. The van der Waals surface area contributed by atoms with Crippen molar-refractivity contribution >= 4 is 33.1 Å². The van der Waals surface area contributed by atoms with E-state index < -0.39 is 33.1 Å². The molecule has 0 spiro atoms. The van der Waals surface area contributed by atoms with Gasteiger partial charge in [0.2, 0.25) is 0 Å². The number of hydrogen-bond donors (Lipinski definition) is 0. The van der Waals surface area contributed by atoms with E-state index in [-0.39, 0.29) is 0 Å². The molecule has 142 valence electrons. The normalized spacial score (nSPS) is 39.7. The summed E-state index contributed by atoms with van der Waals surface area (Å²) in [7, 11) is 0. The topological polar surface area (TPSA) is 0 Å². The van der Waals surface area contributed by atoms with Gasteiger partial charge in [-0.05, 0) is 0 Å². The third-order valence-corrected chi connectivity index (χ3v) is 76.0. The first-order chi connectivity index (χ1) is 9.56. The summed E-state index contributed by atoms with van der Waals surface area (Å²) in [5.74, 6) is 0.805. The van der Waals surface area contributed by atoms with Crippen LogP contribution >= 0.6 is 33.1 Å². The van der Waals surface area contributed by atoms with Crippen LogP contribution in [0.4, 0.5) is 0 Å². The molecule has 1 fully saturated rings. The van der Waals surface area contributed by atoms with E-state index in [0.717, 1.165) is 11.6 Å². The van der Waals surface area contributed by atoms with Crippen LogP contribution in [0.2, 0.25) is 0 Å². The fourth-order valence-electron chi connectivity index (χ4n) is 4.44. The molecule has 0 nitrogen and oxygen atoms in total. The molecular formula is C18H48P5+3. The Morgan fingerprint density at radius 3 is 1.48 bits per heavy atom. The Kier molecular flexibility index (Phi) is 5.63. The first kappa shape index (κ1) is 23.2. The van der Waals surface area contributed by atoms with E-state index >= 15 is 0 Å². The zero-order valence-corrected chi connectivity index (χ0v) is 23.3. The molecule has 1 saturated heterocycles. The van der Waals surface area contributed by atoms with Gasteiger partial charge in [-0.15, -0.1) is 0 Å². The molecule has 0 aliphatic carbocycles. The molecule has 0 radical (unpaired) electrons. The van der Waals surface area contributed by atoms with Crippen molar-refractivity contribution in [3.05, 3.63) is 0 Å². The van der Waals surface area contributed by atoms with Crippen LogP contribution in [-0.2, 0) is 0 Å². The maximum absolute atomic E-state index is 2.81. The van der Waals surface area contributed by atoms with E-state index in [1.165, 1.54) is 0 Å². The van der Waals surface area contributed by atoms with Gasteiger partial charge in [-0.25, -0.2) is 0 Å². The van der Waals surface area contributed by atoms with E-state index in [1.807, 2.05) is 0 Å². The first-order valence-electron chi connectivity index (χ1n) is 9.07. The summed E-state index contributed by atoms with van der Waals surface area (Å²) < 4.78 is 0. The van der Waals surface area contributed by atoms with Crippen LogP contribution in [0, 0.1) is 5.92 Å². The predicted octanol–water partition coefficient (Wildman–Crippen LogP) is 7.44. The fourth-order valence-corrected chi connectivity index (χ4v) is 63.2. The van der Waals surface area contributed by atoms with E-state index in [0.29, 0.717) is 0 Å². The van der Waals surface area contributed by atoms with E-state index in [1.54, 1.807) is 12.1 Å². The number of rotatable bonds is 1. The zero-order valence-electron chi connectivity index (χ0n) is 18.8. The third-order valence-electron chi connectivity index (χ3n) is 8.74. The standard InChI is InChI=1S/C18H48P5/c1-17(2)18-15-22(9,10,11)19(3,4)16-20(5,6)23(12,13,14)21(18,7)8/h17-18H,15-16H2,1-14H3/q+3. The van der Waals surface area contributed by atoms with E-state index in [9.17, 15) is 0 Å². The van der Waals surface area contributed by atoms with Crippen LogP contribution in [0.3, 0.4) is 0 Å². The summed E-state index contributed by atoms with van der Waals surface area (Å²) in [5, 5.41) is 0. The minimum atomic E-state index is -1.66. The molecule has 23 heavy (non-hydrogen) atoms. The Bertz CT molecular complexity index is 483. The van der Waals surface area contributed by atoms with Gasteiger partial charge < -0.3 is 0 Å². The number of hydrogen-bond acceptors (Lipinski definition) is 0. The summed E-state index contributed by atoms with van der Waals surface area (Å²) in [4.78, 5) is 0. The average molecular weight is 419 g/mol.